The third-order valence-electron chi connectivity index (χ3n) is 2.10. The number of rotatable bonds is 3. The molecule has 1 saturated carbocycles. The average Bonchev–Trinajstić information content (AvgIpc) is 1.77. The lowest BCUT2D eigenvalue weighted by molar-refractivity contribution is -0.000646. The van der Waals surface area contributed by atoms with Crippen LogP contribution in [0.15, 0.2) is 0 Å². The summed E-state index contributed by atoms with van der Waals surface area (Å²) in [6, 6.07) is 0. The minimum absolute atomic E-state index is 0. The molecule has 10 heavy (non-hydrogen) atoms. The molecule has 0 aromatic rings. The van der Waals surface area contributed by atoms with Gasteiger partial charge in [0.1, 0.15) is 0 Å². The van der Waals surface area contributed by atoms with Gasteiger partial charge in [0.05, 0.1) is 6.10 Å². The maximum Gasteiger partial charge on any atom is 0.0576 e. The zero-order valence-corrected chi connectivity index (χ0v) is 7.19. The van der Waals surface area contributed by atoms with Gasteiger partial charge in [-0.1, -0.05) is 0 Å². The van der Waals surface area contributed by atoms with Gasteiger partial charge in [-0.3, -0.25) is 0 Å². The van der Waals surface area contributed by atoms with Crippen LogP contribution in [0.4, 0.5) is 0 Å². The minimum Gasteiger partial charge on any atom is -0.381 e. The largest absolute Gasteiger partial charge is 0.381 e. The first-order valence-electron chi connectivity index (χ1n) is 3.59. The summed E-state index contributed by atoms with van der Waals surface area (Å²) in [7, 11) is 1.78. The van der Waals surface area contributed by atoms with Gasteiger partial charge < -0.3 is 10.5 Å². The minimum atomic E-state index is 0. The highest BCUT2D eigenvalue weighted by molar-refractivity contribution is 5.85. The van der Waals surface area contributed by atoms with Crippen molar-refractivity contribution in [2.75, 3.05) is 13.7 Å². The van der Waals surface area contributed by atoms with Gasteiger partial charge in [0.15, 0.2) is 0 Å². The van der Waals surface area contributed by atoms with Crippen molar-refractivity contribution in [3.63, 3.8) is 0 Å². The van der Waals surface area contributed by atoms with Crippen molar-refractivity contribution in [1.29, 1.82) is 0 Å². The fourth-order valence-corrected chi connectivity index (χ4v) is 1.34. The Bertz CT molecular complexity index is 83.7. The van der Waals surface area contributed by atoms with E-state index >= 15 is 0 Å². The summed E-state index contributed by atoms with van der Waals surface area (Å²) in [6.45, 7) is 0.834. The van der Waals surface area contributed by atoms with Gasteiger partial charge in [0, 0.05) is 7.11 Å². The third-order valence-corrected chi connectivity index (χ3v) is 2.10. The summed E-state index contributed by atoms with van der Waals surface area (Å²) in [4.78, 5) is 0. The van der Waals surface area contributed by atoms with Crippen LogP contribution in [0.5, 0.6) is 0 Å². The lowest BCUT2D eigenvalue weighted by Crippen LogP contribution is -2.31. The molecule has 0 unspecified atom stereocenters. The summed E-state index contributed by atoms with van der Waals surface area (Å²) in [5.74, 6) is 0.861. The molecule has 0 spiro atoms. The van der Waals surface area contributed by atoms with Gasteiger partial charge in [-0.05, 0) is 31.7 Å². The Morgan fingerprint density at radius 1 is 1.50 bits per heavy atom. The van der Waals surface area contributed by atoms with Gasteiger partial charge in [-0.15, -0.1) is 12.4 Å². The van der Waals surface area contributed by atoms with E-state index in [2.05, 4.69) is 0 Å². The van der Waals surface area contributed by atoms with Gasteiger partial charge in [-0.2, -0.15) is 0 Å². The Labute approximate surface area is 68.5 Å². The maximum absolute atomic E-state index is 5.38. The van der Waals surface area contributed by atoms with Crippen molar-refractivity contribution in [2.24, 2.45) is 11.7 Å². The topological polar surface area (TPSA) is 35.2 Å². The van der Waals surface area contributed by atoms with Crippen LogP contribution >= 0.6 is 12.4 Å². The molecule has 0 heterocycles. The molecule has 0 saturated heterocycles. The normalized spacial score (nSPS) is 30.6. The second-order valence-electron chi connectivity index (χ2n) is 2.77. The first-order valence-corrected chi connectivity index (χ1v) is 3.59. The van der Waals surface area contributed by atoms with Gasteiger partial charge in [0.25, 0.3) is 0 Å². The van der Waals surface area contributed by atoms with E-state index in [1.807, 2.05) is 0 Å². The Morgan fingerprint density at radius 3 is 2.50 bits per heavy atom. The molecule has 1 fully saturated rings. The van der Waals surface area contributed by atoms with E-state index in [1.54, 1.807) is 7.11 Å². The molecule has 1 aliphatic rings. The summed E-state index contributed by atoms with van der Waals surface area (Å²) in [6.07, 6.45) is 4.18. The van der Waals surface area contributed by atoms with Gasteiger partial charge in [-0.25, -0.2) is 0 Å². The number of methoxy groups -OCH3 is 1. The smallest absolute Gasteiger partial charge is 0.0576 e. The maximum atomic E-state index is 5.38. The molecule has 1 aliphatic carbocycles. The molecule has 0 aromatic heterocycles. The van der Waals surface area contributed by atoms with Crippen molar-refractivity contribution in [3.8, 4) is 0 Å². The van der Waals surface area contributed by atoms with Crippen LogP contribution in [0.3, 0.4) is 0 Å². The molecule has 62 valence electrons. The van der Waals surface area contributed by atoms with Crippen LogP contribution in [-0.4, -0.2) is 19.8 Å². The zero-order chi connectivity index (χ0) is 6.69. The van der Waals surface area contributed by atoms with E-state index in [0.717, 1.165) is 12.5 Å². The summed E-state index contributed by atoms with van der Waals surface area (Å²) >= 11 is 0. The van der Waals surface area contributed by atoms with E-state index in [4.69, 9.17) is 10.5 Å². The summed E-state index contributed by atoms with van der Waals surface area (Å²) < 4.78 is 5.12. The van der Waals surface area contributed by atoms with E-state index in [1.165, 1.54) is 19.3 Å². The predicted molar refractivity (Wildman–Crippen MR) is 44.4 cm³/mol. The lowest BCUT2D eigenvalue weighted by atomic mass is 9.80. The van der Waals surface area contributed by atoms with Crippen molar-refractivity contribution in [3.05, 3.63) is 0 Å². The Morgan fingerprint density at radius 2 is 2.10 bits per heavy atom. The molecule has 2 N–H and O–H groups in total. The molecule has 0 amide bonds. The number of hydrogen-bond donors (Lipinski definition) is 1. The van der Waals surface area contributed by atoms with Gasteiger partial charge in [0.2, 0.25) is 0 Å². The Balaban J connectivity index is 0.000000810. The van der Waals surface area contributed by atoms with Crippen molar-refractivity contribution >= 4 is 12.4 Å². The fraction of sp³-hybridized carbons (Fsp3) is 1.00. The molecule has 2 nitrogen and oxygen atoms in total. The molecule has 0 aromatic carbocycles. The first-order chi connectivity index (χ1) is 4.36. The number of nitrogens with two attached hydrogens (primary N) is 1. The molecule has 0 atom stereocenters. The monoisotopic (exact) mass is 165 g/mol. The molecule has 0 radical (unpaired) electrons. The molecule has 1 rings (SSSR count). The van der Waals surface area contributed by atoms with Crippen molar-refractivity contribution in [1.82, 2.24) is 0 Å². The van der Waals surface area contributed by atoms with Crippen LogP contribution in [0.1, 0.15) is 19.3 Å². The molecule has 0 aliphatic heterocycles. The zero-order valence-electron chi connectivity index (χ0n) is 6.38. The number of hydrogen-bond acceptors (Lipinski definition) is 2. The quantitative estimate of drug-likeness (QED) is 0.682. The Kier molecular flexibility index (Phi) is 5.04. The lowest BCUT2D eigenvalue weighted by Gasteiger charge is -2.33. The third kappa shape index (κ3) is 2.45. The second kappa shape index (κ2) is 4.94. The highest BCUT2D eigenvalue weighted by Gasteiger charge is 2.27. The second-order valence-corrected chi connectivity index (χ2v) is 2.77. The first kappa shape index (κ1) is 10.2. The summed E-state index contributed by atoms with van der Waals surface area (Å²) in [5, 5.41) is 0. The van der Waals surface area contributed by atoms with Crippen LogP contribution < -0.4 is 5.73 Å². The number of halogens is 1. The number of ether oxygens (including phenoxy) is 1. The predicted octanol–water partition coefficient (Wildman–Crippen LogP) is 1.18. The van der Waals surface area contributed by atoms with E-state index in [0.29, 0.717) is 6.10 Å². The van der Waals surface area contributed by atoms with Crippen molar-refractivity contribution < 1.29 is 4.74 Å². The Hall–Kier alpha value is 0.210. The van der Waals surface area contributed by atoms with E-state index in [9.17, 15) is 0 Å². The van der Waals surface area contributed by atoms with Crippen LogP contribution in [0.25, 0.3) is 0 Å². The SMILES string of the molecule is COC1CC(CCN)C1.Cl. The molecule has 3 heteroatoms. The van der Waals surface area contributed by atoms with E-state index in [-0.39, 0.29) is 12.4 Å². The van der Waals surface area contributed by atoms with Gasteiger partial charge >= 0.3 is 0 Å². The fourth-order valence-electron chi connectivity index (χ4n) is 1.34. The molecule has 0 bridgehead atoms. The molecular formula is C7H16ClNO. The van der Waals surface area contributed by atoms with Crippen molar-refractivity contribution in [2.45, 2.75) is 25.4 Å². The summed E-state index contributed by atoms with van der Waals surface area (Å²) in [5.41, 5.74) is 5.38. The van der Waals surface area contributed by atoms with E-state index < -0.39 is 0 Å². The van der Waals surface area contributed by atoms with Crippen LogP contribution in [0, 0.1) is 5.92 Å². The highest BCUT2D eigenvalue weighted by Crippen LogP contribution is 2.31. The highest BCUT2D eigenvalue weighted by atomic mass is 35.5. The molecular weight excluding hydrogens is 150 g/mol. The average molecular weight is 166 g/mol. The standard InChI is InChI=1S/C7H15NO.ClH/c1-9-7-4-6(5-7)2-3-8;/h6-7H,2-5,8H2,1H3;1H. The van der Waals surface area contributed by atoms with Crippen LogP contribution in [0.2, 0.25) is 0 Å². The van der Waals surface area contributed by atoms with Crippen LogP contribution in [-0.2, 0) is 4.74 Å².